The van der Waals surface area contributed by atoms with Crippen LogP contribution in [0.2, 0.25) is 0 Å². The third-order valence-corrected chi connectivity index (χ3v) is 4.61. The summed E-state index contributed by atoms with van der Waals surface area (Å²) in [5.74, 6) is -0.392. The third-order valence-electron chi connectivity index (χ3n) is 2.93. The maximum absolute atomic E-state index is 11.9. The van der Waals surface area contributed by atoms with Crippen LogP contribution in [0, 0.1) is 0 Å². The Balaban J connectivity index is 2.84. The molecule has 0 spiro atoms. The van der Waals surface area contributed by atoms with E-state index in [0.717, 1.165) is 6.42 Å². The number of carbonyl (C=O) groups is 1. The standard InChI is InChI=1S/C14H22N2O4S/c1-4-6-13(21(18,19)15-3)16-12-9-7-11(8-10-12)14(17)20-5-2/h7-10,13,15-16H,4-6H2,1-3H3. The van der Waals surface area contributed by atoms with Crippen LogP contribution < -0.4 is 10.0 Å². The normalized spacial score (nSPS) is 12.7. The number of rotatable bonds is 8. The van der Waals surface area contributed by atoms with Gasteiger partial charge in [0.25, 0.3) is 0 Å². The Morgan fingerprint density at radius 3 is 2.33 bits per heavy atom. The number of carbonyl (C=O) groups excluding carboxylic acids is 1. The summed E-state index contributed by atoms with van der Waals surface area (Å²) in [5, 5.41) is 2.26. The Morgan fingerprint density at radius 1 is 1.24 bits per heavy atom. The molecule has 0 bridgehead atoms. The minimum Gasteiger partial charge on any atom is -0.462 e. The van der Waals surface area contributed by atoms with Gasteiger partial charge in [0.2, 0.25) is 10.0 Å². The van der Waals surface area contributed by atoms with E-state index in [9.17, 15) is 13.2 Å². The molecule has 118 valence electrons. The average Bonchev–Trinajstić information content (AvgIpc) is 2.47. The molecular weight excluding hydrogens is 292 g/mol. The Labute approximate surface area is 125 Å². The number of hydrogen-bond acceptors (Lipinski definition) is 5. The summed E-state index contributed by atoms with van der Waals surface area (Å²) in [5.41, 5.74) is 1.08. The highest BCUT2D eigenvalue weighted by Gasteiger charge is 2.22. The zero-order valence-electron chi connectivity index (χ0n) is 12.5. The van der Waals surface area contributed by atoms with Crippen LogP contribution in [0.15, 0.2) is 24.3 Å². The Bertz CT molecular complexity index is 555. The van der Waals surface area contributed by atoms with Crippen LogP contribution >= 0.6 is 0 Å². The molecule has 0 aromatic heterocycles. The summed E-state index contributed by atoms with van der Waals surface area (Å²) in [6.07, 6.45) is 1.22. The number of hydrogen-bond donors (Lipinski definition) is 2. The van der Waals surface area contributed by atoms with E-state index in [-0.39, 0.29) is 0 Å². The van der Waals surface area contributed by atoms with Gasteiger partial charge in [-0.25, -0.2) is 17.9 Å². The van der Waals surface area contributed by atoms with Crippen molar-refractivity contribution in [3.8, 4) is 0 Å². The van der Waals surface area contributed by atoms with Gasteiger partial charge in [-0.05, 0) is 44.7 Å². The molecule has 6 nitrogen and oxygen atoms in total. The van der Waals surface area contributed by atoms with E-state index in [1.807, 2.05) is 6.92 Å². The van der Waals surface area contributed by atoms with Crippen molar-refractivity contribution >= 4 is 21.7 Å². The number of anilines is 1. The van der Waals surface area contributed by atoms with Crippen LogP contribution in [-0.2, 0) is 14.8 Å². The van der Waals surface area contributed by atoms with Crippen molar-refractivity contribution in [2.75, 3.05) is 19.0 Å². The molecule has 0 saturated heterocycles. The lowest BCUT2D eigenvalue weighted by Gasteiger charge is -2.19. The molecule has 0 aliphatic heterocycles. The van der Waals surface area contributed by atoms with E-state index >= 15 is 0 Å². The third kappa shape index (κ3) is 5.02. The van der Waals surface area contributed by atoms with Crippen LogP contribution in [-0.4, -0.2) is 33.4 Å². The Kier molecular flexibility index (Phi) is 6.64. The first-order valence-corrected chi connectivity index (χ1v) is 8.45. The molecule has 1 unspecified atom stereocenters. The molecule has 2 N–H and O–H groups in total. The zero-order valence-corrected chi connectivity index (χ0v) is 13.4. The maximum atomic E-state index is 11.9. The van der Waals surface area contributed by atoms with Crippen molar-refractivity contribution in [2.24, 2.45) is 0 Å². The van der Waals surface area contributed by atoms with Crippen molar-refractivity contribution < 1.29 is 17.9 Å². The first-order valence-electron chi connectivity index (χ1n) is 6.90. The number of sulfonamides is 1. The van der Waals surface area contributed by atoms with E-state index < -0.39 is 21.4 Å². The van der Waals surface area contributed by atoms with Crippen LogP contribution in [0.25, 0.3) is 0 Å². The highest BCUT2D eigenvalue weighted by molar-refractivity contribution is 7.90. The predicted molar refractivity (Wildman–Crippen MR) is 82.7 cm³/mol. The van der Waals surface area contributed by atoms with E-state index in [0.29, 0.717) is 24.3 Å². The van der Waals surface area contributed by atoms with Gasteiger partial charge in [-0.1, -0.05) is 13.3 Å². The van der Waals surface area contributed by atoms with Gasteiger partial charge in [0.05, 0.1) is 12.2 Å². The Hall–Kier alpha value is -1.60. The number of esters is 1. The molecule has 1 rings (SSSR count). The molecule has 0 aliphatic carbocycles. The summed E-state index contributed by atoms with van der Waals surface area (Å²) in [7, 11) is -2.02. The summed E-state index contributed by atoms with van der Waals surface area (Å²) < 4.78 is 31.0. The van der Waals surface area contributed by atoms with Gasteiger partial charge in [0.1, 0.15) is 5.37 Å². The lowest BCUT2D eigenvalue weighted by atomic mass is 10.2. The largest absolute Gasteiger partial charge is 0.462 e. The molecule has 7 heteroatoms. The number of benzene rings is 1. The van der Waals surface area contributed by atoms with E-state index in [1.165, 1.54) is 7.05 Å². The molecule has 1 aromatic carbocycles. The lowest BCUT2D eigenvalue weighted by Crippen LogP contribution is -2.37. The van der Waals surface area contributed by atoms with E-state index in [2.05, 4.69) is 10.0 Å². The molecule has 0 aliphatic rings. The van der Waals surface area contributed by atoms with Gasteiger partial charge < -0.3 is 10.1 Å². The van der Waals surface area contributed by atoms with Gasteiger partial charge >= 0.3 is 5.97 Å². The van der Waals surface area contributed by atoms with Crippen LogP contribution in [0.4, 0.5) is 5.69 Å². The molecule has 0 radical (unpaired) electrons. The van der Waals surface area contributed by atoms with Crippen molar-refractivity contribution in [3.05, 3.63) is 29.8 Å². The number of nitrogens with one attached hydrogen (secondary N) is 2. The van der Waals surface area contributed by atoms with Crippen LogP contribution in [0.1, 0.15) is 37.0 Å². The van der Waals surface area contributed by atoms with Crippen molar-refractivity contribution in [3.63, 3.8) is 0 Å². The first-order chi connectivity index (χ1) is 9.94. The monoisotopic (exact) mass is 314 g/mol. The van der Waals surface area contributed by atoms with Crippen molar-refractivity contribution in [1.29, 1.82) is 0 Å². The summed E-state index contributed by atoms with van der Waals surface area (Å²) in [6, 6.07) is 6.55. The maximum Gasteiger partial charge on any atom is 0.338 e. The van der Waals surface area contributed by atoms with Crippen LogP contribution in [0.5, 0.6) is 0 Å². The average molecular weight is 314 g/mol. The second-order valence-electron chi connectivity index (χ2n) is 4.47. The zero-order chi connectivity index (χ0) is 15.9. The van der Waals surface area contributed by atoms with Gasteiger partial charge in [0.15, 0.2) is 0 Å². The quantitative estimate of drug-likeness (QED) is 0.716. The molecular formula is C14H22N2O4S. The molecule has 1 atom stereocenters. The fourth-order valence-corrected chi connectivity index (χ4v) is 2.93. The predicted octanol–water partition coefficient (Wildman–Crippen LogP) is 1.95. The van der Waals surface area contributed by atoms with Gasteiger partial charge in [-0.3, -0.25) is 0 Å². The molecule has 0 amide bonds. The van der Waals surface area contributed by atoms with Gasteiger partial charge in [-0.2, -0.15) is 0 Å². The minimum atomic E-state index is -3.41. The molecule has 0 saturated carbocycles. The van der Waals surface area contributed by atoms with Crippen LogP contribution in [0.3, 0.4) is 0 Å². The lowest BCUT2D eigenvalue weighted by molar-refractivity contribution is 0.0526. The van der Waals surface area contributed by atoms with Crippen molar-refractivity contribution in [2.45, 2.75) is 32.1 Å². The van der Waals surface area contributed by atoms with Gasteiger partial charge in [0, 0.05) is 5.69 Å². The SMILES string of the molecule is CCCC(Nc1ccc(C(=O)OCC)cc1)S(=O)(=O)NC. The van der Waals surface area contributed by atoms with Crippen molar-refractivity contribution in [1.82, 2.24) is 4.72 Å². The summed E-state index contributed by atoms with van der Waals surface area (Å²) in [6.45, 7) is 3.98. The summed E-state index contributed by atoms with van der Waals surface area (Å²) >= 11 is 0. The minimum absolute atomic E-state index is 0.317. The molecule has 21 heavy (non-hydrogen) atoms. The smallest absolute Gasteiger partial charge is 0.338 e. The molecule has 1 aromatic rings. The topological polar surface area (TPSA) is 84.5 Å². The van der Waals surface area contributed by atoms with Gasteiger partial charge in [-0.15, -0.1) is 0 Å². The molecule has 0 heterocycles. The van der Waals surface area contributed by atoms with E-state index in [1.54, 1.807) is 31.2 Å². The number of ether oxygens (including phenoxy) is 1. The fraction of sp³-hybridized carbons (Fsp3) is 0.500. The van der Waals surface area contributed by atoms with E-state index in [4.69, 9.17) is 4.74 Å². The summed E-state index contributed by atoms with van der Waals surface area (Å²) in [4.78, 5) is 11.5. The second kappa shape index (κ2) is 7.99. The highest BCUT2D eigenvalue weighted by atomic mass is 32.2. The Morgan fingerprint density at radius 2 is 1.86 bits per heavy atom. The second-order valence-corrected chi connectivity index (χ2v) is 6.54. The first kappa shape index (κ1) is 17.5. The fourth-order valence-electron chi connectivity index (χ4n) is 1.81. The molecule has 0 fully saturated rings. The highest BCUT2D eigenvalue weighted by Crippen LogP contribution is 2.16.